The molecule has 0 fully saturated rings. The Balaban J connectivity index is 2.30. The molecule has 0 amide bonds. The molecule has 17 heavy (non-hydrogen) atoms. The zero-order chi connectivity index (χ0) is 12.4. The molecule has 90 valence electrons. The summed E-state index contributed by atoms with van der Waals surface area (Å²) in [6.45, 7) is 3.90. The van der Waals surface area contributed by atoms with Crippen molar-refractivity contribution in [2.24, 2.45) is 0 Å². The van der Waals surface area contributed by atoms with Crippen LogP contribution in [0.2, 0.25) is 0 Å². The molecule has 0 saturated heterocycles. The largest absolute Gasteiger partial charge is 0.489 e. The highest BCUT2D eigenvalue weighted by atomic mass is 16.5. The first-order valence-electron chi connectivity index (χ1n) is 5.30. The van der Waals surface area contributed by atoms with Gasteiger partial charge in [-0.05, 0) is 32.0 Å². The van der Waals surface area contributed by atoms with E-state index in [1.165, 1.54) is 0 Å². The van der Waals surface area contributed by atoms with Gasteiger partial charge in [0.15, 0.2) is 5.82 Å². The quantitative estimate of drug-likeness (QED) is 0.696. The molecule has 1 aromatic heterocycles. The second-order valence-electron chi connectivity index (χ2n) is 3.96. The fourth-order valence-electron chi connectivity index (χ4n) is 1.46. The highest BCUT2D eigenvalue weighted by molar-refractivity contribution is 5.66. The van der Waals surface area contributed by atoms with Crippen molar-refractivity contribution in [3.63, 3.8) is 0 Å². The molecule has 5 N–H and O–H groups in total. The number of hydrogen-bond donors (Lipinski definition) is 3. The maximum atomic E-state index is 5.90. The highest BCUT2D eigenvalue weighted by Gasteiger charge is 2.08. The minimum Gasteiger partial charge on any atom is -0.489 e. The third-order valence-corrected chi connectivity index (χ3v) is 2.15. The van der Waals surface area contributed by atoms with E-state index in [9.17, 15) is 0 Å². The maximum absolute atomic E-state index is 5.90. The van der Waals surface area contributed by atoms with E-state index in [0.29, 0.717) is 17.3 Å². The number of aromatic nitrogens is 3. The molecule has 2 rings (SSSR count). The van der Waals surface area contributed by atoms with Gasteiger partial charge in [-0.2, -0.15) is 4.98 Å². The van der Waals surface area contributed by atoms with E-state index in [1.54, 1.807) is 6.07 Å². The average molecular weight is 233 g/mol. The monoisotopic (exact) mass is 233 g/mol. The Morgan fingerprint density at radius 2 is 2.06 bits per heavy atom. The van der Waals surface area contributed by atoms with Crippen LogP contribution in [0.4, 0.5) is 11.6 Å². The fourth-order valence-corrected chi connectivity index (χ4v) is 1.46. The van der Waals surface area contributed by atoms with Crippen LogP contribution in [0, 0.1) is 0 Å². The summed E-state index contributed by atoms with van der Waals surface area (Å²) in [5, 5.41) is 6.49. The fraction of sp³-hybridized carbons (Fsp3) is 0.273. The number of rotatable bonds is 3. The number of H-pyrrole nitrogens is 1. The third-order valence-electron chi connectivity index (χ3n) is 2.15. The van der Waals surface area contributed by atoms with Gasteiger partial charge in [0.25, 0.3) is 0 Å². The van der Waals surface area contributed by atoms with E-state index < -0.39 is 0 Å². The Bertz CT molecular complexity index is 520. The van der Waals surface area contributed by atoms with Gasteiger partial charge in [-0.15, -0.1) is 5.10 Å². The Morgan fingerprint density at radius 1 is 1.29 bits per heavy atom. The van der Waals surface area contributed by atoms with Gasteiger partial charge in [-0.3, -0.25) is 5.10 Å². The maximum Gasteiger partial charge on any atom is 0.239 e. The van der Waals surface area contributed by atoms with Crippen LogP contribution in [-0.4, -0.2) is 21.3 Å². The van der Waals surface area contributed by atoms with E-state index in [-0.39, 0.29) is 12.1 Å². The second kappa shape index (κ2) is 4.32. The SMILES string of the molecule is CC(C)Oc1ccc(-c2nc(N)n[nH]2)cc1N. The smallest absolute Gasteiger partial charge is 0.239 e. The van der Waals surface area contributed by atoms with Crippen LogP contribution in [0.15, 0.2) is 18.2 Å². The Labute approximate surface area is 99.0 Å². The number of ether oxygens (including phenoxy) is 1. The van der Waals surface area contributed by atoms with Gasteiger partial charge in [-0.1, -0.05) is 0 Å². The van der Waals surface area contributed by atoms with Gasteiger partial charge in [0.05, 0.1) is 11.8 Å². The van der Waals surface area contributed by atoms with Gasteiger partial charge >= 0.3 is 0 Å². The molecule has 0 aliphatic rings. The lowest BCUT2D eigenvalue weighted by Crippen LogP contribution is -2.07. The molecular formula is C11H15N5O. The molecule has 0 atom stereocenters. The number of nitrogen functional groups attached to an aromatic ring is 2. The number of nitrogens with one attached hydrogen (secondary N) is 1. The van der Waals surface area contributed by atoms with Crippen LogP contribution in [-0.2, 0) is 0 Å². The molecule has 1 aromatic carbocycles. The summed E-state index contributed by atoms with van der Waals surface area (Å²) >= 11 is 0. The van der Waals surface area contributed by atoms with Crippen LogP contribution >= 0.6 is 0 Å². The summed E-state index contributed by atoms with van der Waals surface area (Å²) < 4.78 is 5.55. The first kappa shape index (κ1) is 11.3. The first-order chi connectivity index (χ1) is 8.06. The Hall–Kier alpha value is -2.24. The third kappa shape index (κ3) is 2.47. The van der Waals surface area contributed by atoms with Crippen molar-refractivity contribution >= 4 is 11.6 Å². The van der Waals surface area contributed by atoms with Crippen LogP contribution in [0.3, 0.4) is 0 Å². The molecule has 0 aliphatic heterocycles. The van der Waals surface area contributed by atoms with E-state index in [2.05, 4.69) is 15.2 Å². The van der Waals surface area contributed by atoms with Crippen molar-refractivity contribution in [2.75, 3.05) is 11.5 Å². The molecule has 1 heterocycles. The van der Waals surface area contributed by atoms with E-state index in [1.807, 2.05) is 26.0 Å². The summed E-state index contributed by atoms with van der Waals surface area (Å²) in [6.07, 6.45) is 0.0871. The van der Waals surface area contributed by atoms with Crippen LogP contribution in [0.5, 0.6) is 5.75 Å². The molecule has 0 unspecified atom stereocenters. The van der Waals surface area contributed by atoms with Gasteiger partial charge in [0.1, 0.15) is 5.75 Å². The Kier molecular flexibility index (Phi) is 2.86. The zero-order valence-corrected chi connectivity index (χ0v) is 9.77. The van der Waals surface area contributed by atoms with E-state index in [4.69, 9.17) is 16.2 Å². The minimum atomic E-state index is 0.0871. The van der Waals surface area contributed by atoms with Crippen molar-refractivity contribution in [3.8, 4) is 17.1 Å². The minimum absolute atomic E-state index is 0.0871. The second-order valence-corrected chi connectivity index (χ2v) is 3.96. The zero-order valence-electron chi connectivity index (χ0n) is 9.77. The molecule has 0 aliphatic carbocycles. The van der Waals surface area contributed by atoms with Crippen molar-refractivity contribution in [3.05, 3.63) is 18.2 Å². The van der Waals surface area contributed by atoms with Gasteiger partial charge in [0, 0.05) is 5.56 Å². The number of nitrogens with zero attached hydrogens (tertiary/aromatic N) is 2. The van der Waals surface area contributed by atoms with Crippen LogP contribution in [0.1, 0.15) is 13.8 Å². The normalized spacial score (nSPS) is 10.8. The first-order valence-corrected chi connectivity index (χ1v) is 5.30. The molecule has 6 heteroatoms. The average Bonchev–Trinajstić information content (AvgIpc) is 2.67. The molecule has 2 aromatic rings. The Morgan fingerprint density at radius 3 is 2.59 bits per heavy atom. The molecule has 0 saturated carbocycles. The summed E-state index contributed by atoms with van der Waals surface area (Å²) in [7, 11) is 0. The van der Waals surface area contributed by atoms with Crippen molar-refractivity contribution < 1.29 is 4.74 Å². The van der Waals surface area contributed by atoms with Gasteiger partial charge < -0.3 is 16.2 Å². The van der Waals surface area contributed by atoms with Crippen molar-refractivity contribution in [1.29, 1.82) is 0 Å². The van der Waals surface area contributed by atoms with E-state index >= 15 is 0 Å². The lowest BCUT2D eigenvalue weighted by molar-refractivity contribution is 0.244. The number of anilines is 2. The topological polar surface area (TPSA) is 103 Å². The highest BCUT2D eigenvalue weighted by Crippen LogP contribution is 2.27. The van der Waals surface area contributed by atoms with Gasteiger partial charge in [-0.25, -0.2) is 0 Å². The number of nitrogens with two attached hydrogens (primary N) is 2. The number of benzene rings is 1. The summed E-state index contributed by atoms with van der Waals surface area (Å²) in [5.74, 6) is 1.46. The number of hydrogen-bond acceptors (Lipinski definition) is 5. The van der Waals surface area contributed by atoms with E-state index in [0.717, 1.165) is 5.56 Å². The summed E-state index contributed by atoms with van der Waals surface area (Å²) in [6, 6.07) is 5.44. The summed E-state index contributed by atoms with van der Waals surface area (Å²) in [4.78, 5) is 4.03. The molecular weight excluding hydrogens is 218 g/mol. The van der Waals surface area contributed by atoms with Crippen molar-refractivity contribution in [2.45, 2.75) is 20.0 Å². The van der Waals surface area contributed by atoms with Crippen LogP contribution < -0.4 is 16.2 Å². The van der Waals surface area contributed by atoms with Gasteiger partial charge in [0.2, 0.25) is 5.95 Å². The predicted molar refractivity (Wildman–Crippen MR) is 66.4 cm³/mol. The molecule has 6 nitrogen and oxygen atoms in total. The standard InChI is InChI=1S/C11H15N5O/c1-6(2)17-9-4-3-7(5-8(9)12)10-14-11(13)16-15-10/h3-6H,12H2,1-2H3,(H3,13,14,15,16). The predicted octanol–water partition coefficient (Wildman–Crippen LogP) is 1.42. The number of aromatic amines is 1. The lowest BCUT2D eigenvalue weighted by Gasteiger charge is -2.12. The van der Waals surface area contributed by atoms with Crippen molar-refractivity contribution in [1.82, 2.24) is 15.2 Å². The van der Waals surface area contributed by atoms with Crippen LogP contribution in [0.25, 0.3) is 11.4 Å². The summed E-state index contributed by atoms with van der Waals surface area (Å²) in [5.41, 5.74) is 12.7. The lowest BCUT2D eigenvalue weighted by atomic mass is 10.2. The molecule has 0 spiro atoms. The molecule has 0 radical (unpaired) electrons. The molecule has 0 bridgehead atoms.